The number of methoxy groups -OCH3 is 1. The van der Waals surface area contributed by atoms with E-state index in [0.29, 0.717) is 6.54 Å². The van der Waals surface area contributed by atoms with Gasteiger partial charge in [-0.1, -0.05) is 24.3 Å². The summed E-state index contributed by atoms with van der Waals surface area (Å²) in [6.45, 7) is 6.22. The number of allylic oxidation sites excluding steroid dienone is 1. The predicted molar refractivity (Wildman–Crippen MR) is 92.3 cm³/mol. The van der Waals surface area contributed by atoms with Crippen molar-refractivity contribution in [2.45, 2.75) is 45.6 Å². The van der Waals surface area contributed by atoms with Crippen molar-refractivity contribution in [2.75, 3.05) is 13.7 Å². The molecule has 0 saturated heterocycles. The second kappa shape index (κ2) is 7.51. The number of ether oxygens (including phenoxy) is 2. The molecule has 1 aromatic rings. The van der Waals surface area contributed by atoms with Crippen molar-refractivity contribution in [1.82, 2.24) is 4.90 Å². The van der Waals surface area contributed by atoms with Crippen LogP contribution >= 0.6 is 0 Å². The lowest BCUT2D eigenvalue weighted by Gasteiger charge is -2.28. The van der Waals surface area contributed by atoms with E-state index in [1.165, 1.54) is 7.11 Å². The molecule has 0 aliphatic carbocycles. The smallest absolute Gasteiger partial charge is 0.414 e. The van der Waals surface area contributed by atoms with Crippen LogP contribution in [-0.2, 0) is 20.7 Å². The van der Waals surface area contributed by atoms with Gasteiger partial charge in [0.25, 0.3) is 0 Å². The summed E-state index contributed by atoms with van der Waals surface area (Å²) in [6.07, 6.45) is 3.54. The van der Waals surface area contributed by atoms with Crippen molar-refractivity contribution in [3.63, 3.8) is 0 Å². The minimum absolute atomic E-state index is 0.243. The van der Waals surface area contributed by atoms with E-state index < -0.39 is 5.60 Å². The Balaban J connectivity index is 2.17. The molecule has 1 aromatic carbocycles. The maximum absolute atomic E-state index is 12.2. The molecule has 5 heteroatoms. The molecule has 0 spiro atoms. The number of hydrogen-bond acceptors (Lipinski definition) is 4. The fourth-order valence-corrected chi connectivity index (χ4v) is 2.56. The van der Waals surface area contributed by atoms with Gasteiger partial charge in [0.15, 0.2) is 0 Å². The van der Waals surface area contributed by atoms with Gasteiger partial charge < -0.3 is 9.47 Å². The quantitative estimate of drug-likeness (QED) is 0.791. The summed E-state index contributed by atoms with van der Waals surface area (Å²) < 4.78 is 10.1. The first-order chi connectivity index (χ1) is 11.3. The van der Waals surface area contributed by atoms with Gasteiger partial charge in [-0.15, -0.1) is 0 Å². The number of nitrogens with zero attached hydrogens (tertiary/aromatic N) is 1. The highest BCUT2D eigenvalue weighted by atomic mass is 16.6. The van der Waals surface area contributed by atoms with Crippen LogP contribution in [0.4, 0.5) is 4.79 Å². The summed E-state index contributed by atoms with van der Waals surface area (Å²) in [5.41, 5.74) is 2.47. The first kappa shape index (κ1) is 18.0. The van der Waals surface area contributed by atoms with E-state index in [2.05, 4.69) is 0 Å². The molecule has 1 heterocycles. The van der Waals surface area contributed by atoms with Gasteiger partial charge in [0.1, 0.15) is 5.60 Å². The lowest BCUT2D eigenvalue weighted by Crippen LogP contribution is -2.35. The normalized spacial score (nSPS) is 14.8. The topological polar surface area (TPSA) is 55.8 Å². The summed E-state index contributed by atoms with van der Waals surface area (Å²) in [5, 5.41) is 0. The van der Waals surface area contributed by atoms with Crippen molar-refractivity contribution in [1.29, 1.82) is 0 Å². The molecule has 130 valence electrons. The van der Waals surface area contributed by atoms with Gasteiger partial charge in [-0.05, 0) is 50.3 Å². The van der Waals surface area contributed by atoms with Gasteiger partial charge in [-0.25, -0.2) is 4.79 Å². The molecule has 0 saturated carbocycles. The first-order valence-corrected chi connectivity index (χ1v) is 8.15. The summed E-state index contributed by atoms with van der Waals surface area (Å²) in [5.74, 6) is -0.264. The zero-order chi connectivity index (χ0) is 17.7. The van der Waals surface area contributed by atoms with Gasteiger partial charge in [0.05, 0.1) is 13.5 Å². The van der Waals surface area contributed by atoms with Crippen molar-refractivity contribution >= 4 is 17.6 Å². The van der Waals surface area contributed by atoms with Gasteiger partial charge >= 0.3 is 12.1 Å². The third-order valence-electron chi connectivity index (χ3n) is 3.66. The highest BCUT2D eigenvalue weighted by molar-refractivity contribution is 5.76. The number of benzene rings is 1. The van der Waals surface area contributed by atoms with Gasteiger partial charge in [-0.2, -0.15) is 0 Å². The Labute approximate surface area is 143 Å². The van der Waals surface area contributed by atoms with E-state index in [1.807, 2.05) is 51.2 Å². The monoisotopic (exact) mass is 331 g/mol. The first-order valence-electron chi connectivity index (χ1n) is 8.15. The second-order valence-electron chi connectivity index (χ2n) is 6.88. The number of carbonyl (C=O) groups is 2. The van der Waals surface area contributed by atoms with E-state index >= 15 is 0 Å². The van der Waals surface area contributed by atoms with Crippen molar-refractivity contribution < 1.29 is 19.1 Å². The molecule has 1 aliphatic heterocycles. The summed E-state index contributed by atoms with van der Waals surface area (Å²) in [4.78, 5) is 25.3. The molecule has 0 bridgehead atoms. The van der Waals surface area contributed by atoms with E-state index in [-0.39, 0.29) is 18.5 Å². The minimum atomic E-state index is -0.511. The fourth-order valence-electron chi connectivity index (χ4n) is 2.56. The van der Waals surface area contributed by atoms with Crippen LogP contribution in [0.3, 0.4) is 0 Å². The predicted octanol–water partition coefficient (Wildman–Crippen LogP) is 3.77. The summed E-state index contributed by atoms with van der Waals surface area (Å²) in [7, 11) is 1.38. The third-order valence-corrected chi connectivity index (χ3v) is 3.66. The zero-order valence-electron chi connectivity index (χ0n) is 14.8. The van der Waals surface area contributed by atoms with Crippen LogP contribution < -0.4 is 0 Å². The molecule has 0 atom stereocenters. The maximum Gasteiger partial charge on any atom is 0.414 e. The number of esters is 1. The lowest BCUT2D eigenvalue weighted by atomic mass is 9.97. The lowest BCUT2D eigenvalue weighted by molar-refractivity contribution is -0.139. The Morgan fingerprint density at radius 3 is 2.67 bits per heavy atom. The average Bonchev–Trinajstić information content (AvgIpc) is 2.53. The SMILES string of the molecule is COC(=O)Cc1cccc(C2=CN(C(=O)OC(C)(C)C)CCC2)c1. The molecule has 2 rings (SSSR count). The van der Waals surface area contributed by atoms with Gasteiger partial charge in [-0.3, -0.25) is 9.69 Å². The van der Waals surface area contributed by atoms with E-state index in [1.54, 1.807) is 4.90 Å². The van der Waals surface area contributed by atoms with E-state index in [4.69, 9.17) is 9.47 Å². The number of carbonyl (C=O) groups excluding carboxylic acids is 2. The van der Waals surface area contributed by atoms with E-state index in [9.17, 15) is 9.59 Å². The van der Waals surface area contributed by atoms with E-state index in [0.717, 1.165) is 29.5 Å². The molecule has 0 radical (unpaired) electrons. The Morgan fingerprint density at radius 2 is 2.00 bits per heavy atom. The van der Waals surface area contributed by atoms with Crippen LogP contribution in [0.2, 0.25) is 0 Å². The maximum atomic E-state index is 12.2. The van der Waals surface area contributed by atoms with Crippen molar-refractivity contribution in [2.24, 2.45) is 0 Å². The fraction of sp³-hybridized carbons (Fsp3) is 0.474. The van der Waals surface area contributed by atoms with Crippen LogP contribution in [0.1, 0.15) is 44.7 Å². The van der Waals surface area contributed by atoms with Gasteiger partial charge in [0, 0.05) is 12.7 Å². The molecule has 1 amide bonds. The molecule has 24 heavy (non-hydrogen) atoms. The average molecular weight is 331 g/mol. The molecular formula is C19H25NO4. The Bertz CT molecular complexity index is 643. The molecule has 0 fully saturated rings. The Morgan fingerprint density at radius 1 is 1.25 bits per heavy atom. The van der Waals surface area contributed by atoms with Crippen molar-refractivity contribution in [3.8, 4) is 0 Å². The van der Waals surface area contributed by atoms with Gasteiger partial charge in [0.2, 0.25) is 0 Å². The van der Waals surface area contributed by atoms with Crippen LogP contribution in [-0.4, -0.2) is 36.2 Å². The second-order valence-corrected chi connectivity index (χ2v) is 6.88. The van der Waals surface area contributed by atoms with Crippen molar-refractivity contribution in [3.05, 3.63) is 41.6 Å². The highest BCUT2D eigenvalue weighted by Gasteiger charge is 2.23. The Kier molecular flexibility index (Phi) is 5.65. The molecular weight excluding hydrogens is 306 g/mol. The number of rotatable bonds is 3. The Hall–Kier alpha value is -2.30. The largest absolute Gasteiger partial charge is 0.469 e. The van der Waals surface area contributed by atoms with Crippen LogP contribution in [0.15, 0.2) is 30.5 Å². The standard InChI is InChI=1S/C19H25NO4/c1-19(2,3)24-18(22)20-10-6-9-16(13-20)15-8-5-7-14(11-15)12-17(21)23-4/h5,7-8,11,13H,6,9-10,12H2,1-4H3. The molecule has 5 nitrogen and oxygen atoms in total. The van der Waals surface area contributed by atoms with Crippen LogP contribution in [0.25, 0.3) is 5.57 Å². The third kappa shape index (κ3) is 5.11. The highest BCUT2D eigenvalue weighted by Crippen LogP contribution is 2.26. The molecule has 0 aromatic heterocycles. The minimum Gasteiger partial charge on any atom is -0.469 e. The van der Waals surface area contributed by atoms with Crippen LogP contribution in [0, 0.1) is 0 Å². The summed E-state index contributed by atoms with van der Waals surface area (Å²) >= 11 is 0. The zero-order valence-corrected chi connectivity index (χ0v) is 14.8. The molecule has 1 aliphatic rings. The summed E-state index contributed by atoms with van der Waals surface area (Å²) in [6, 6.07) is 7.78. The number of hydrogen-bond donors (Lipinski definition) is 0. The molecule has 0 unspecified atom stereocenters. The van der Waals surface area contributed by atoms with Crippen LogP contribution in [0.5, 0.6) is 0 Å². The number of amides is 1. The molecule has 0 N–H and O–H groups in total.